The van der Waals surface area contributed by atoms with Gasteiger partial charge >= 0.3 is 0 Å². The molecule has 3 heterocycles. The second-order valence-electron chi connectivity index (χ2n) is 7.42. The van der Waals surface area contributed by atoms with E-state index in [4.69, 9.17) is 0 Å². The number of hydrogen-bond acceptors (Lipinski definition) is 5. The lowest BCUT2D eigenvalue weighted by Gasteiger charge is -2.32. The van der Waals surface area contributed by atoms with Crippen LogP contribution in [0.4, 0.5) is 5.82 Å². The van der Waals surface area contributed by atoms with Crippen LogP contribution in [0.1, 0.15) is 24.1 Å². The van der Waals surface area contributed by atoms with Gasteiger partial charge in [-0.15, -0.1) is 10.2 Å². The molecule has 1 saturated heterocycles. The molecule has 0 saturated carbocycles. The Morgan fingerprint density at radius 1 is 1.10 bits per heavy atom. The van der Waals surface area contributed by atoms with Crippen LogP contribution in [0.25, 0.3) is 11.3 Å². The van der Waals surface area contributed by atoms with Crippen molar-refractivity contribution in [3.63, 3.8) is 0 Å². The van der Waals surface area contributed by atoms with Gasteiger partial charge in [-0.05, 0) is 49.6 Å². The summed E-state index contributed by atoms with van der Waals surface area (Å²) < 4.78 is 0. The number of anilines is 1. The van der Waals surface area contributed by atoms with E-state index in [2.05, 4.69) is 44.5 Å². The number of nitrogens with one attached hydrogen (secondary N) is 1. The second kappa shape index (κ2) is 8.82. The minimum absolute atomic E-state index is 0.0506. The van der Waals surface area contributed by atoms with Crippen molar-refractivity contribution >= 4 is 11.7 Å². The van der Waals surface area contributed by atoms with E-state index in [1.54, 1.807) is 6.20 Å². The molecule has 0 aliphatic carbocycles. The van der Waals surface area contributed by atoms with Crippen molar-refractivity contribution in [2.75, 3.05) is 18.0 Å². The van der Waals surface area contributed by atoms with Crippen molar-refractivity contribution in [3.8, 4) is 11.3 Å². The molecule has 3 aromatic rings. The number of amides is 1. The Hall–Kier alpha value is -3.28. The van der Waals surface area contributed by atoms with Gasteiger partial charge < -0.3 is 10.2 Å². The molecule has 1 aliphatic rings. The highest BCUT2D eigenvalue weighted by molar-refractivity contribution is 5.79. The third kappa shape index (κ3) is 4.59. The summed E-state index contributed by atoms with van der Waals surface area (Å²) in [6.45, 7) is 4.08. The van der Waals surface area contributed by atoms with E-state index >= 15 is 0 Å². The van der Waals surface area contributed by atoms with Gasteiger partial charge in [-0.3, -0.25) is 9.78 Å². The summed E-state index contributed by atoms with van der Waals surface area (Å²) in [5.74, 6) is 0.847. The molecule has 0 spiro atoms. The van der Waals surface area contributed by atoms with E-state index in [0.29, 0.717) is 13.1 Å². The summed E-state index contributed by atoms with van der Waals surface area (Å²) in [7, 11) is 0. The molecule has 1 fully saturated rings. The normalized spacial score (nSPS) is 16.4. The number of hydrogen-bond donors (Lipinski definition) is 1. The van der Waals surface area contributed by atoms with Crippen LogP contribution in [0, 0.1) is 12.8 Å². The van der Waals surface area contributed by atoms with Crippen LogP contribution in [0.5, 0.6) is 0 Å². The van der Waals surface area contributed by atoms with Crippen molar-refractivity contribution in [2.24, 2.45) is 5.92 Å². The smallest absolute Gasteiger partial charge is 0.225 e. The lowest BCUT2D eigenvalue weighted by molar-refractivity contribution is -0.125. The molecule has 1 unspecified atom stereocenters. The summed E-state index contributed by atoms with van der Waals surface area (Å²) in [5.41, 5.74) is 4.01. The predicted octanol–water partition coefficient (Wildman–Crippen LogP) is 3.38. The predicted molar refractivity (Wildman–Crippen MR) is 113 cm³/mol. The molecule has 1 aromatic carbocycles. The number of carbonyl (C=O) groups excluding carboxylic acids is 1. The third-order valence-corrected chi connectivity index (χ3v) is 5.36. The van der Waals surface area contributed by atoms with Crippen LogP contribution < -0.4 is 10.2 Å². The SMILES string of the molecule is Cc1ccccc1-c1ccc(N2CCCC(C(=O)NCc3ccccn3)C2)nn1. The van der Waals surface area contributed by atoms with Gasteiger partial charge in [-0.25, -0.2) is 0 Å². The molecule has 1 atom stereocenters. The van der Waals surface area contributed by atoms with Gasteiger partial charge in [-0.1, -0.05) is 30.3 Å². The van der Waals surface area contributed by atoms with E-state index in [1.165, 1.54) is 5.56 Å². The van der Waals surface area contributed by atoms with Crippen molar-refractivity contribution < 1.29 is 4.79 Å². The summed E-state index contributed by atoms with van der Waals surface area (Å²) in [6.07, 6.45) is 3.59. The van der Waals surface area contributed by atoms with Crippen LogP contribution >= 0.6 is 0 Å². The topological polar surface area (TPSA) is 71.0 Å². The Bertz CT molecular complexity index is 959. The number of nitrogens with zero attached hydrogens (tertiary/aromatic N) is 4. The van der Waals surface area contributed by atoms with Gasteiger partial charge in [-0.2, -0.15) is 0 Å². The fraction of sp³-hybridized carbons (Fsp3) is 0.304. The maximum atomic E-state index is 12.6. The number of pyridine rings is 1. The van der Waals surface area contributed by atoms with Crippen molar-refractivity contribution in [1.82, 2.24) is 20.5 Å². The van der Waals surface area contributed by atoms with Crippen molar-refractivity contribution in [2.45, 2.75) is 26.3 Å². The standard InChI is InChI=1S/C23H25N5O/c1-17-7-2-3-10-20(17)21-11-12-22(27-26-21)28-14-6-8-18(16-28)23(29)25-15-19-9-4-5-13-24-19/h2-5,7,9-13,18H,6,8,14-16H2,1H3,(H,25,29). The Morgan fingerprint density at radius 2 is 1.97 bits per heavy atom. The van der Waals surface area contributed by atoms with Gasteiger partial charge in [0.05, 0.1) is 23.9 Å². The van der Waals surface area contributed by atoms with E-state index in [0.717, 1.165) is 42.2 Å². The van der Waals surface area contributed by atoms with Crippen LogP contribution in [0.2, 0.25) is 0 Å². The Kier molecular flexibility index (Phi) is 5.79. The highest BCUT2D eigenvalue weighted by Crippen LogP contribution is 2.25. The zero-order valence-electron chi connectivity index (χ0n) is 16.6. The van der Waals surface area contributed by atoms with E-state index in [-0.39, 0.29) is 11.8 Å². The summed E-state index contributed by atoms with van der Waals surface area (Å²) in [6, 6.07) is 17.9. The molecule has 0 radical (unpaired) electrons. The first-order chi connectivity index (χ1) is 14.2. The zero-order valence-corrected chi connectivity index (χ0v) is 16.6. The number of aromatic nitrogens is 3. The minimum Gasteiger partial charge on any atom is -0.354 e. The van der Waals surface area contributed by atoms with Gasteiger partial charge in [0.25, 0.3) is 0 Å². The van der Waals surface area contributed by atoms with Gasteiger partial charge in [0.15, 0.2) is 5.82 Å². The summed E-state index contributed by atoms with van der Waals surface area (Å²) in [5, 5.41) is 11.9. The minimum atomic E-state index is -0.0506. The van der Waals surface area contributed by atoms with Gasteiger partial charge in [0.2, 0.25) is 5.91 Å². The molecule has 29 heavy (non-hydrogen) atoms. The first kappa shape index (κ1) is 19.1. The fourth-order valence-electron chi connectivity index (χ4n) is 3.72. The number of carbonyl (C=O) groups is 1. The maximum absolute atomic E-state index is 12.6. The van der Waals surface area contributed by atoms with Gasteiger partial charge in [0.1, 0.15) is 0 Å². The monoisotopic (exact) mass is 387 g/mol. The average Bonchev–Trinajstić information content (AvgIpc) is 2.79. The van der Waals surface area contributed by atoms with Gasteiger partial charge in [0, 0.05) is 24.8 Å². The fourth-order valence-corrected chi connectivity index (χ4v) is 3.72. The number of aryl methyl sites for hydroxylation is 1. The molecule has 0 bridgehead atoms. The number of benzene rings is 1. The Labute approximate surface area is 171 Å². The summed E-state index contributed by atoms with van der Waals surface area (Å²) >= 11 is 0. The molecule has 1 amide bonds. The summed E-state index contributed by atoms with van der Waals surface area (Å²) in [4.78, 5) is 19.0. The molecule has 1 N–H and O–H groups in total. The largest absolute Gasteiger partial charge is 0.354 e. The van der Waals surface area contributed by atoms with E-state index in [9.17, 15) is 4.79 Å². The van der Waals surface area contributed by atoms with Crippen molar-refractivity contribution in [3.05, 3.63) is 72.1 Å². The lowest BCUT2D eigenvalue weighted by atomic mass is 9.97. The number of rotatable bonds is 5. The molecule has 6 heteroatoms. The molecular weight excluding hydrogens is 362 g/mol. The first-order valence-electron chi connectivity index (χ1n) is 10.0. The number of piperidine rings is 1. The van der Waals surface area contributed by atoms with E-state index in [1.807, 2.05) is 42.5 Å². The molecule has 6 nitrogen and oxygen atoms in total. The Morgan fingerprint density at radius 3 is 2.72 bits per heavy atom. The van der Waals surface area contributed by atoms with Crippen LogP contribution in [0.15, 0.2) is 60.8 Å². The highest BCUT2D eigenvalue weighted by atomic mass is 16.1. The molecule has 148 valence electrons. The lowest BCUT2D eigenvalue weighted by Crippen LogP contribution is -2.43. The van der Waals surface area contributed by atoms with Crippen LogP contribution in [0.3, 0.4) is 0 Å². The highest BCUT2D eigenvalue weighted by Gasteiger charge is 2.26. The quantitative estimate of drug-likeness (QED) is 0.727. The second-order valence-corrected chi connectivity index (χ2v) is 7.42. The molecular formula is C23H25N5O. The molecule has 2 aromatic heterocycles. The Balaban J connectivity index is 1.39. The maximum Gasteiger partial charge on any atom is 0.225 e. The third-order valence-electron chi connectivity index (χ3n) is 5.36. The zero-order chi connectivity index (χ0) is 20.1. The van der Waals surface area contributed by atoms with Crippen molar-refractivity contribution in [1.29, 1.82) is 0 Å². The molecule has 4 rings (SSSR count). The van der Waals surface area contributed by atoms with E-state index < -0.39 is 0 Å². The van der Waals surface area contributed by atoms with Crippen LogP contribution in [-0.2, 0) is 11.3 Å². The first-order valence-corrected chi connectivity index (χ1v) is 10.0. The average molecular weight is 387 g/mol. The van der Waals surface area contributed by atoms with Crippen LogP contribution in [-0.4, -0.2) is 34.2 Å². The molecule has 1 aliphatic heterocycles.